The van der Waals surface area contributed by atoms with E-state index in [1.54, 1.807) is 60.7 Å². The van der Waals surface area contributed by atoms with Gasteiger partial charge in [-0.15, -0.1) is 0 Å². The molecule has 0 radical (unpaired) electrons. The van der Waals surface area contributed by atoms with Crippen molar-refractivity contribution in [1.29, 1.82) is 5.41 Å². The highest BCUT2D eigenvalue weighted by molar-refractivity contribution is 6.04. The Hall–Kier alpha value is -8.98. The molecule has 7 aromatic carbocycles. The Kier molecular flexibility index (Phi) is 20.0. The average molecular weight is 1110 g/mol. The second-order valence-corrected chi connectivity index (χ2v) is 20.2. The monoisotopic (exact) mass is 1100 g/mol. The Bertz CT molecular complexity index is 3400. The molecule has 0 aromatic heterocycles. The Balaban J connectivity index is 0.000000430. The standard InChI is InChI=1S/C53H52FNO11.C15H13N/c1-35(54)50(56)64-29-27-60-26-28-61-44-17-10-38(11-18-44)34-65-49-22-16-42-32-43(15-21-46(42)48(49)33-55)51(57)63-25-23-37-8-19-45(20-9-37)66-52(58)40-12-5-36(6-13-40)4-2-3-24-62-53(59)47-31-39-7-14-41(47)30-39;16-15-13-7-3-1-5-11(13)9-10-12-6-2-4-8-14(12)15/h5-22,32-33,39,41,47,55H,1-4,23-31,34H2;1-10,15H,16H2. The molecule has 82 heavy (non-hydrogen) atoms. The molecule has 1 fully saturated rings. The molecule has 13 nitrogen and oxygen atoms in total. The van der Waals surface area contributed by atoms with Crippen LogP contribution in [-0.4, -0.2) is 69.7 Å². The van der Waals surface area contributed by atoms with Gasteiger partial charge in [-0.3, -0.25) is 4.79 Å². The Morgan fingerprint density at radius 3 is 1.95 bits per heavy atom. The van der Waals surface area contributed by atoms with E-state index >= 15 is 0 Å². The first-order valence-electron chi connectivity index (χ1n) is 27.5. The Morgan fingerprint density at radius 1 is 0.610 bits per heavy atom. The summed E-state index contributed by atoms with van der Waals surface area (Å²) >= 11 is 0. The number of halogens is 1. The first kappa shape index (κ1) is 57.7. The van der Waals surface area contributed by atoms with Crippen LogP contribution in [0.1, 0.15) is 96.9 Å². The minimum Gasteiger partial charge on any atom is -0.491 e. The summed E-state index contributed by atoms with van der Waals surface area (Å²) in [5.41, 5.74) is 15.4. The molecule has 0 amide bonds. The van der Waals surface area contributed by atoms with Crippen molar-refractivity contribution in [3.63, 3.8) is 0 Å². The van der Waals surface area contributed by atoms with E-state index in [0.29, 0.717) is 58.8 Å². The summed E-state index contributed by atoms with van der Waals surface area (Å²) in [5.74, 6) is -0.789. The van der Waals surface area contributed by atoms with Crippen molar-refractivity contribution in [2.24, 2.45) is 23.5 Å². The normalized spacial score (nSPS) is 15.5. The third-order valence-corrected chi connectivity index (χ3v) is 14.6. The number of carbonyl (C=O) groups excluding carboxylic acids is 4. The van der Waals surface area contributed by atoms with Crippen molar-refractivity contribution in [2.45, 2.75) is 51.2 Å². The predicted molar refractivity (Wildman–Crippen MR) is 313 cm³/mol. The maximum atomic E-state index is 13.0. The molecule has 10 rings (SSSR count). The molecule has 3 unspecified atom stereocenters. The molecule has 3 aliphatic carbocycles. The second kappa shape index (κ2) is 28.4. The van der Waals surface area contributed by atoms with Crippen LogP contribution in [0.3, 0.4) is 0 Å². The number of aryl methyl sites for hydroxylation is 1. The smallest absolute Gasteiger partial charge is 0.366 e. The van der Waals surface area contributed by atoms with Gasteiger partial charge in [-0.25, -0.2) is 14.4 Å². The fourth-order valence-corrected chi connectivity index (χ4v) is 10.2. The zero-order chi connectivity index (χ0) is 57.2. The summed E-state index contributed by atoms with van der Waals surface area (Å²) in [6.45, 7) is 4.21. The lowest BCUT2D eigenvalue weighted by atomic mass is 9.94. The molecule has 3 aliphatic rings. The average Bonchev–Trinajstić information content (AvgIpc) is 4.30. The van der Waals surface area contributed by atoms with Gasteiger partial charge in [0.1, 0.15) is 37.1 Å². The number of rotatable bonds is 24. The zero-order valence-electron chi connectivity index (χ0n) is 45.5. The van der Waals surface area contributed by atoms with Crippen molar-refractivity contribution >= 4 is 53.0 Å². The van der Waals surface area contributed by atoms with E-state index in [4.69, 9.17) is 39.6 Å². The van der Waals surface area contributed by atoms with E-state index in [1.807, 2.05) is 66.7 Å². The minimum atomic E-state index is -1.16. The van der Waals surface area contributed by atoms with Gasteiger partial charge < -0.3 is 44.3 Å². The molecule has 14 heteroatoms. The van der Waals surface area contributed by atoms with Gasteiger partial charge in [-0.2, -0.15) is 4.39 Å². The van der Waals surface area contributed by atoms with E-state index in [0.717, 1.165) is 59.6 Å². The molecule has 1 saturated carbocycles. The first-order valence-corrected chi connectivity index (χ1v) is 27.5. The lowest BCUT2D eigenvalue weighted by Crippen LogP contribution is -2.22. The van der Waals surface area contributed by atoms with Gasteiger partial charge in [0.25, 0.3) is 0 Å². The fraction of sp³-hybridized carbons (Fsp3) is 0.250. The van der Waals surface area contributed by atoms with Gasteiger partial charge >= 0.3 is 23.9 Å². The molecule has 7 aromatic rings. The molecule has 420 valence electrons. The number of carbonyl (C=O) groups is 4. The van der Waals surface area contributed by atoms with Crippen molar-refractivity contribution < 1.29 is 56.7 Å². The van der Waals surface area contributed by atoms with E-state index in [1.165, 1.54) is 28.5 Å². The van der Waals surface area contributed by atoms with Crippen molar-refractivity contribution in [1.82, 2.24) is 0 Å². The highest BCUT2D eigenvalue weighted by Crippen LogP contribution is 2.44. The summed E-state index contributed by atoms with van der Waals surface area (Å²) < 4.78 is 51.0. The maximum Gasteiger partial charge on any atom is 0.366 e. The van der Waals surface area contributed by atoms with Crippen LogP contribution in [0.5, 0.6) is 17.2 Å². The third kappa shape index (κ3) is 15.5. The summed E-state index contributed by atoms with van der Waals surface area (Å²) in [4.78, 5) is 49.3. The van der Waals surface area contributed by atoms with Gasteiger partial charge in [-0.05, 0) is 148 Å². The SMILES string of the molecule is C=C(F)C(=O)OCCOCCOc1ccc(COc2ccc3cc(C(=O)OCCc4ccc(OC(=O)c5ccc(CCCCOC(=O)C6CC7C=CC6C7)cc5)cc4)ccc3c2C=N)cc1.NC1c2ccccc2C=Cc2ccccc21. The molecule has 0 saturated heterocycles. The van der Waals surface area contributed by atoms with E-state index < -0.39 is 23.7 Å². The van der Waals surface area contributed by atoms with Crippen LogP contribution in [-0.2, 0) is 48.0 Å². The molecule has 3 atom stereocenters. The molecule has 0 spiro atoms. The van der Waals surface area contributed by atoms with Gasteiger partial charge in [0, 0.05) is 18.2 Å². The number of fused-ring (bicyclic) bond motifs is 5. The van der Waals surface area contributed by atoms with Gasteiger partial charge in [0.2, 0.25) is 5.83 Å². The molecule has 0 heterocycles. The van der Waals surface area contributed by atoms with Crippen molar-refractivity contribution in [2.75, 3.05) is 39.6 Å². The molecule has 0 aliphatic heterocycles. The van der Waals surface area contributed by atoms with E-state index in [2.05, 4.69) is 59.9 Å². The third-order valence-electron chi connectivity index (χ3n) is 14.6. The fourth-order valence-electron chi connectivity index (χ4n) is 10.2. The quantitative estimate of drug-likeness (QED) is 0.0111. The second-order valence-electron chi connectivity index (χ2n) is 20.2. The maximum absolute atomic E-state index is 13.0. The highest BCUT2D eigenvalue weighted by atomic mass is 19.1. The van der Waals surface area contributed by atoms with E-state index in [-0.39, 0.29) is 57.6 Å². The van der Waals surface area contributed by atoms with E-state index in [9.17, 15) is 23.6 Å². The lowest BCUT2D eigenvalue weighted by Gasteiger charge is -2.16. The highest BCUT2D eigenvalue weighted by Gasteiger charge is 2.40. The molecule has 2 bridgehead atoms. The summed E-state index contributed by atoms with van der Waals surface area (Å²) in [6, 6.07) is 47.1. The van der Waals surface area contributed by atoms with Gasteiger partial charge in [0.05, 0.1) is 49.5 Å². The largest absolute Gasteiger partial charge is 0.491 e. The van der Waals surface area contributed by atoms with Gasteiger partial charge in [0.15, 0.2) is 0 Å². The number of nitrogens with two attached hydrogens (primary N) is 1. The number of allylic oxidation sites excluding steroid dienone is 2. The summed E-state index contributed by atoms with van der Waals surface area (Å²) in [7, 11) is 0. The zero-order valence-corrected chi connectivity index (χ0v) is 45.5. The number of hydrogen-bond acceptors (Lipinski definition) is 13. The number of unbranched alkanes of at least 4 members (excludes halogenated alkanes) is 1. The van der Waals surface area contributed by atoms with Crippen LogP contribution in [0.25, 0.3) is 22.9 Å². The lowest BCUT2D eigenvalue weighted by molar-refractivity contribution is -0.149. The van der Waals surface area contributed by atoms with Crippen LogP contribution in [0.4, 0.5) is 4.39 Å². The van der Waals surface area contributed by atoms with Crippen molar-refractivity contribution in [3.8, 4) is 17.2 Å². The molecular weight excluding hydrogens is 1040 g/mol. The molecule has 3 N–H and O–H groups in total. The first-order chi connectivity index (χ1) is 40.0. The number of hydrogen-bond donors (Lipinski definition) is 2. The number of ether oxygens (including phenoxy) is 7. The molecular formula is C68H65FN2O11. The summed E-state index contributed by atoms with van der Waals surface area (Å²) in [5, 5.41) is 9.60. The number of esters is 4. The number of nitrogens with one attached hydrogen (secondary N) is 1. The predicted octanol–water partition coefficient (Wildman–Crippen LogP) is 12.8. The van der Waals surface area contributed by atoms with Crippen LogP contribution in [0.15, 0.2) is 176 Å². The topological polar surface area (TPSA) is 183 Å². The van der Waals surface area contributed by atoms with Crippen LogP contribution < -0.4 is 19.9 Å². The number of benzene rings is 7. The van der Waals surface area contributed by atoms with Gasteiger partial charge in [-0.1, -0.05) is 128 Å². The Labute approximate surface area is 476 Å². The minimum absolute atomic E-state index is 0.0255. The van der Waals surface area contributed by atoms with Crippen LogP contribution in [0.2, 0.25) is 0 Å². The van der Waals surface area contributed by atoms with Crippen LogP contribution >= 0.6 is 0 Å². The Morgan fingerprint density at radius 2 is 1.27 bits per heavy atom. The summed E-state index contributed by atoms with van der Waals surface area (Å²) in [6.07, 6.45) is 14.8. The van der Waals surface area contributed by atoms with Crippen LogP contribution in [0, 0.1) is 23.2 Å². The van der Waals surface area contributed by atoms with Crippen molar-refractivity contribution in [3.05, 3.63) is 232 Å².